The van der Waals surface area contributed by atoms with E-state index in [0.717, 1.165) is 46.4 Å². The van der Waals surface area contributed by atoms with Gasteiger partial charge in [-0.2, -0.15) is 0 Å². The molecule has 0 unspecified atom stereocenters. The monoisotopic (exact) mass is 477 g/mol. The van der Waals surface area contributed by atoms with Crippen LogP contribution in [0.4, 0.5) is 9.93 Å². The first kappa shape index (κ1) is 22.1. The van der Waals surface area contributed by atoms with Crippen molar-refractivity contribution in [3.63, 3.8) is 0 Å². The van der Waals surface area contributed by atoms with Crippen molar-refractivity contribution in [3.8, 4) is 11.1 Å². The van der Waals surface area contributed by atoms with Crippen LogP contribution in [0.5, 0.6) is 0 Å². The predicted octanol–water partition coefficient (Wildman–Crippen LogP) is 4.49. The van der Waals surface area contributed by atoms with E-state index in [1.54, 1.807) is 0 Å². The van der Waals surface area contributed by atoms with Crippen molar-refractivity contribution < 1.29 is 24.2 Å². The molecule has 9 heteroatoms. The number of aliphatic carboxylic acids is 1. The van der Waals surface area contributed by atoms with Crippen LogP contribution in [0.15, 0.2) is 53.9 Å². The number of amides is 2. The number of ether oxygens (including phenoxy) is 1. The Morgan fingerprint density at radius 3 is 2.32 bits per heavy atom. The molecule has 0 bridgehead atoms. The summed E-state index contributed by atoms with van der Waals surface area (Å²) in [5, 5.41) is 16.1. The molecule has 34 heavy (non-hydrogen) atoms. The van der Waals surface area contributed by atoms with E-state index in [4.69, 9.17) is 4.74 Å². The number of carbonyl (C=O) groups excluding carboxylic acids is 2. The van der Waals surface area contributed by atoms with Crippen molar-refractivity contribution in [1.82, 2.24) is 10.3 Å². The Morgan fingerprint density at radius 1 is 1.06 bits per heavy atom. The summed E-state index contributed by atoms with van der Waals surface area (Å²) in [6.45, 7) is 0.167. The van der Waals surface area contributed by atoms with Crippen molar-refractivity contribution in [2.45, 2.75) is 31.2 Å². The third kappa shape index (κ3) is 4.65. The SMILES string of the molecule is O=C(Nc1nc(C(=O)N[C@@H](CC2CC2)C(=O)O)cs1)OCC1c2ccccc2-c2ccccc21. The van der Waals surface area contributed by atoms with Crippen LogP contribution >= 0.6 is 11.3 Å². The van der Waals surface area contributed by atoms with E-state index < -0.39 is 24.0 Å². The maximum Gasteiger partial charge on any atom is 0.413 e. The average Bonchev–Trinajstić information content (AvgIpc) is 3.43. The summed E-state index contributed by atoms with van der Waals surface area (Å²) < 4.78 is 5.50. The van der Waals surface area contributed by atoms with Gasteiger partial charge in [-0.25, -0.2) is 14.6 Å². The summed E-state index contributed by atoms with van der Waals surface area (Å²) in [5.74, 6) is -1.35. The second kappa shape index (κ2) is 9.26. The highest BCUT2D eigenvalue weighted by atomic mass is 32.1. The molecule has 2 aromatic carbocycles. The van der Waals surface area contributed by atoms with E-state index in [2.05, 4.69) is 27.8 Å². The second-order valence-corrected chi connectivity index (χ2v) is 9.39. The van der Waals surface area contributed by atoms with E-state index in [-0.39, 0.29) is 23.4 Å². The Hall–Kier alpha value is -3.72. The molecule has 8 nitrogen and oxygen atoms in total. The number of hydrogen-bond acceptors (Lipinski definition) is 6. The van der Waals surface area contributed by atoms with Crippen molar-refractivity contribution in [1.29, 1.82) is 0 Å². The lowest BCUT2D eigenvalue weighted by Crippen LogP contribution is -2.41. The summed E-state index contributed by atoms with van der Waals surface area (Å²) in [6, 6.07) is 15.2. The summed E-state index contributed by atoms with van der Waals surface area (Å²) in [4.78, 5) is 40.4. The molecule has 2 aliphatic carbocycles. The van der Waals surface area contributed by atoms with Crippen LogP contribution in [0.2, 0.25) is 0 Å². The third-order valence-electron chi connectivity index (χ3n) is 6.16. The highest BCUT2D eigenvalue weighted by Gasteiger charge is 2.31. The molecule has 5 rings (SSSR count). The lowest BCUT2D eigenvalue weighted by molar-refractivity contribution is -0.139. The molecular weight excluding hydrogens is 454 g/mol. The number of carboxylic acid groups (broad SMARTS) is 1. The minimum atomic E-state index is -1.06. The van der Waals surface area contributed by atoms with Crippen LogP contribution in [0.1, 0.15) is 46.8 Å². The van der Waals surface area contributed by atoms with Gasteiger partial charge < -0.3 is 15.2 Å². The molecule has 0 radical (unpaired) electrons. The number of benzene rings is 2. The maximum atomic E-state index is 12.4. The van der Waals surface area contributed by atoms with Crippen LogP contribution in [0, 0.1) is 5.92 Å². The molecule has 2 amide bonds. The topological polar surface area (TPSA) is 118 Å². The number of nitrogens with zero attached hydrogens (tertiary/aromatic N) is 1. The van der Waals surface area contributed by atoms with Gasteiger partial charge in [0.2, 0.25) is 0 Å². The van der Waals surface area contributed by atoms with Crippen LogP contribution < -0.4 is 10.6 Å². The third-order valence-corrected chi connectivity index (χ3v) is 6.92. The fraction of sp³-hybridized carbons (Fsp3) is 0.280. The van der Waals surface area contributed by atoms with Gasteiger partial charge in [0.15, 0.2) is 5.13 Å². The van der Waals surface area contributed by atoms with Gasteiger partial charge in [0, 0.05) is 11.3 Å². The lowest BCUT2D eigenvalue weighted by Gasteiger charge is -2.14. The molecule has 0 aliphatic heterocycles. The zero-order chi connectivity index (χ0) is 23.7. The van der Waals surface area contributed by atoms with Crippen LogP contribution in [0.25, 0.3) is 11.1 Å². The van der Waals surface area contributed by atoms with E-state index in [0.29, 0.717) is 12.3 Å². The Labute approximate surface area is 200 Å². The van der Waals surface area contributed by atoms with Crippen molar-refractivity contribution in [2.75, 3.05) is 11.9 Å². The van der Waals surface area contributed by atoms with Crippen LogP contribution in [-0.2, 0) is 9.53 Å². The van der Waals surface area contributed by atoms with Gasteiger partial charge in [0.1, 0.15) is 18.3 Å². The molecular formula is C25H23N3O5S. The predicted molar refractivity (Wildman–Crippen MR) is 127 cm³/mol. The smallest absolute Gasteiger partial charge is 0.413 e. The summed E-state index contributed by atoms with van der Waals surface area (Å²) >= 11 is 1.07. The second-order valence-electron chi connectivity index (χ2n) is 8.53. The first-order valence-electron chi connectivity index (χ1n) is 11.1. The van der Waals surface area contributed by atoms with Gasteiger partial charge in [-0.1, -0.05) is 61.4 Å². The van der Waals surface area contributed by atoms with Gasteiger partial charge in [0.25, 0.3) is 5.91 Å². The minimum absolute atomic E-state index is 0.0565. The largest absolute Gasteiger partial charge is 0.480 e. The van der Waals surface area contributed by atoms with E-state index in [1.807, 2.05) is 36.4 Å². The Balaban J connectivity index is 1.18. The number of nitrogens with one attached hydrogen (secondary N) is 2. The van der Waals surface area contributed by atoms with Crippen LogP contribution in [-0.4, -0.2) is 40.7 Å². The van der Waals surface area contributed by atoms with Gasteiger partial charge in [-0.05, 0) is 34.6 Å². The van der Waals surface area contributed by atoms with Crippen molar-refractivity contribution in [3.05, 3.63) is 70.7 Å². The Kier molecular flexibility index (Phi) is 6.02. The highest BCUT2D eigenvalue weighted by Crippen LogP contribution is 2.44. The number of rotatable bonds is 8. The number of carbonyl (C=O) groups is 3. The minimum Gasteiger partial charge on any atom is -0.480 e. The molecule has 174 valence electrons. The van der Waals surface area contributed by atoms with Gasteiger partial charge in [-0.3, -0.25) is 10.1 Å². The average molecular weight is 478 g/mol. The normalized spacial score (nSPS) is 15.2. The van der Waals surface area contributed by atoms with Crippen molar-refractivity contribution >= 4 is 34.4 Å². The standard InChI is InChI=1S/C25H23N3O5S/c29-22(26-20(23(30)31)11-14-9-10-14)21-13-34-24(27-21)28-25(32)33-12-19-17-7-3-1-5-15(17)16-6-2-4-8-18(16)19/h1-8,13-14,19-20H,9-12H2,(H,26,29)(H,30,31)(H,27,28,32)/t20-/m0/s1. The molecule has 1 saturated carbocycles. The lowest BCUT2D eigenvalue weighted by atomic mass is 9.98. The summed E-state index contributed by atoms with van der Waals surface area (Å²) in [6.07, 6.45) is 1.73. The number of carboxylic acids is 1. The summed E-state index contributed by atoms with van der Waals surface area (Å²) in [5.41, 5.74) is 4.57. The molecule has 2 aliphatic rings. The van der Waals surface area contributed by atoms with E-state index in [9.17, 15) is 19.5 Å². The molecule has 1 atom stereocenters. The maximum absolute atomic E-state index is 12.4. The number of thiazole rings is 1. The number of hydrogen-bond donors (Lipinski definition) is 3. The zero-order valence-corrected chi connectivity index (χ0v) is 19.0. The number of anilines is 1. The zero-order valence-electron chi connectivity index (χ0n) is 18.2. The molecule has 1 fully saturated rings. The summed E-state index contributed by atoms with van der Waals surface area (Å²) in [7, 11) is 0. The van der Waals surface area contributed by atoms with E-state index in [1.165, 1.54) is 5.38 Å². The fourth-order valence-electron chi connectivity index (χ4n) is 4.30. The molecule has 1 heterocycles. The fourth-order valence-corrected chi connectivity index (χ4v) is 4.97. The molecule has 3 aromatic rings. The molecule has 1 aromatic heterocycles. The first-order chi connectivity index (χ1) is 16.5. The van der Waals surface area contributed by atoms with Gasteiger partial charge in [0.05, 0.1) is 0 Å². The quantitative estimate of drug-likeness (QED) is 0.440. The first-order valence-corrected chi connectivity index (χ1v) is 12.0. The molecule has 0 saturated heterocycles. The highest BCUT2D eigenvalue weighted by molar-refractivity contribution is 7.14. The van der Waals surface area contributed by atoms with E-state index >= 15 is 0 Å². The Morgan fingerprint density at radius 2 is 1.71 bits per heavy atom. The number of aromatic nitrogens is 1. The number of fused-ring (bicyclic) bond motifs is 3. The van der Waals surface area contributed by atoms with Gasteiger partial charge in [-0.15, -0.1) is 11.3 Å². The Bertz CT molecular complexity index is 1210. The molecule has 0 spiro atoms. The van der Waals surface area contributed by atoms with Gasteiger partial charge >= 0.3 is 12.1 Å². The van der Waals surface area contributed by atoms with Crippen LogP contribution in [0.3, 0.4) is 0 Å². The van der Waals surface area contributed by atoms with Crippen molar-refractivity contribution in [2.24, 2.45) is 5.92 Å². The molecule has 3 N–H and O–H groups in total.